The summed E-state index contributed by atoms with van der Waals surface area (Å²) >= 11 is 5.86. The molecule has 2 amide bonds. The topological polar surface area (TPSA) is 75.4 Å². The zero-order valence-corrected chi connectivity index (χ0v) is 12.0. The molecule has 0 aliphatic rings. The van der Waals surface area contributed by atoms with Gasteiger partial charge in [-0.3, -0.25) is 9.59 Å². The molecule has 1 unspecified atom stereocenters. The Bertz CT molecular complexity index is 471. The number of nitrogens with one attached hydrogen (secondary N) is 1. The van der Waals surface area contributed by atoms with E-state index in [-0.39, 0.29) is 17.7 Å². The highest BCUT2D eigenvalue weighted by Crippen LogP contribution is 2.18. The molecule has 6 heteroatoms. The number of nitrogen functional groups attached to an aromatic ring is 1. The van der Waals surface area contributed by atoms with Crippen LogP contribution in [0.5, 0.6) is 0 Å². The first-order chi connectivity index (χ1) is 8.85. The number of hydrogen-bond donors (Lipinski definition) is 2. The normalized spacial score (nSPS) is 11.8. The largest absolute Gasteiger partial charge is 0.399 e. The number of anilines is 1. The molecule has 0 saturated carbocycles. The van der Waals surface area contributed by atoms with Crippen molar-refractivity contribution in [1.82, 2.24) is 10.2 Å². The minimum absolute atomic E-state index is 0.106. The summed E-state index contributed by atoms with van der Waals surface area (Å²) in [6.07, 6.45) is 0. The first kappa shape index (κ1) is 15.3. The Hall–Kier alpha value is -1.75. The molecule has 0 spiro atoms. The smallest absolute Gasteiger partial charge is 0.253 e. The van der Waals surface area contributed by atoms with Gasteiger partial charge in [-0.25, -0.2) is 0 Å². The fourth-order valence-electron chi connectivity index (χ4n) is 1.78. The fraction of sp³-hybridized carbons (Fsp3) is 0.385. The molecule has 0 radical (unpaired) electrons. The number of carbonyl (C=O) groups is 2. The van der Waals surface area contributed by atoms with Crippen LogP contribution in [0.25, 0.3) is 0 Å². The van der Waals surface area contributed by atoms with Crippen molar-refractivity contribution < 1.29 is 9.59 Å². The van der Waals surface area contributed by atoms with Crippen LogP contribution in [-0.2, 0) is 4.79 Å². The van der Waals surface area contributed by atoms with Gasteiger partial charge in [-0.1, -0.05) is 18.5 Å². The van der Waals surface area contributed by atoms with Gasteiger partial charge in [-0.2, -0.15) is 0 Å². The van der Waals surface area contributed by atoms with Crippen LogP contribution in [0.3, 0.4) is 0 Å². The lowest BCUT2D eigenvalue weighted by Gasteiger charge is -2.21. The van der Waals surface area contributed by atoms with Gasteiger partial charge < -0.3 is 16.0 Å². The first-order valence-electron chi connectivity index (χ1n) is 5.88. The van der Waals surface area contributed by atoms with Gasteiger partial charge in [-0.15, -0.1) is 0 Å². The zero-order valence-electron chi connectivity index (χ0n) is 11.2. The molecule has 1 atom stereocenters. The Labute approximate surface area is 117 Å². The van der Waals surface area contributed by atoms with Crippen LogP contribution in [-0.4, -0.2) is 37.4 Å². The van der Waals surface area contributed by atoms with Crippen molar-refractivity contribution in [2.45, 2.75) is 6.92 Å². The van der Waals surface area contributed by atoms with Crippen molar-refractivity contribution in [3.05, 3.63) is 28.8 Å². The van der Waals surface area contributed by atoms with Crippen molar-refractivity contribution >= 4 is 29.1 Å². The molecule has 0 aliphatic carbocycles. The average Bonchev–Trinajstić information content (AvgIpc) is 2.35. The van der Waals surface area contributed by atoms with Gasteiger partial charge >= 0.3 is 0 Å². The number of rotatable bonds is 4. The van der Waals surface area contributed by atoms with E-state index in [2.05, 4.69) is 5.32 Å². The highest BCUT2D eigenvalue weighted by molar-refractivity contribution is 6.31. The van der Waals surface area contributed by atoms with Crippen molar-refractivity contribution in [3.63, 3.8) is 0 Å². The molecule has 0 heterocycles. The molecular weight excluding hydrogens is 266 g/mol. The van der Waals surface area contributed by atoms with E-state index in [1.807, 2.05) is 0 Å². The van der Waals surface area contributed by atoms with Crippen LogP contribution in [0.4, 0.5) is 5.69 Å². The molecule has 5 nitrogen and oxygen atoms in total. The lowest BCUT2D eigenvalue weighted by atomic mass is 10.1. The monoisotopic (exact) mass is 283 g/mol. The maximum Gasteiger partial charge on any atom is 0.253 e. The van der Waals surface area contributed by atoms with Crippen molar-refractivity contribution in [2.24, 2.45) is 5.92 Å². The van der Waals surface area contributed by atoms with Gasteiger partial charge in [0.2, 0.25) is 5.91 Å². The van der Waals surface area contributed by atoms with E-state index < -0.39 is 0 Å². The van der Waals surface area contributed by atoms with Crippen LogP contribution >= 0.6 is 11.6 Å². The standard InChI is InChI=1S/C13H18ClN3O2/c1-8(12(18)16-2)7-17(3)13(19)9-4-10(14)6-11(15)5-9/h4-6,8H,7,15H2,1-3H3,(H,16,18). The Morgan fingerprint density at radius 1 is 1.42 bits per heavy atom. The molecule has 0 saturated heterocycles. The predicted molar refractivity (Wildman–Crippen MR) is 76.1 cm³/mol. The SMILES string of the molecule is CNC(=O)C(C)CN(C)C(=O)c1cc(N)cc(Cl)c1. The third kappa shape index (κ3) is 4.13. The van der Waals surface area contributed by atoms with E-state index in [0.29, 0.717) is 22.8 Å². The van der Waals surface area contributed by atoms with Crippen LogP contribution in [0.2, 0.25) is 5.02 Å². The van der Waals surface area contributed by atoms with Crippen LogP contribution < -0.4 is 11.1 Å². The molecule has 104 valence electrons. The Morgan fingerprint density at radius 3 is 2.58 bits per heavy atom. The highest BCUT2D eigenvalue weighted by atomic mass is 35.5. The van der Waals surface area contributed by atoms with Crippen LogP contribution in [0.15, 0.2) is 18.2 Å². The number of nitrogens with two attached hydrogens (primary N) is 1. The molecule has 1 rings (SSSR count). The Morgan fingerprint density at radius 2 is 2.05 bits per heavy atom. The minimum Gasteiger partial charge on any atom is -0.399 e. The minimum atomic E-state index is -0.282. The van der Waals surface area contributed by atoms with Gasteiger partial charge in [0, 0.05) is 36.9 Å². The summed E-state index contributed by atoms with van der Waals surface area (Å²) in [5.74, 6) is -0.606. The second-order valence-electron chi connectivity index (χ2n) is 4.47. The van der Waals surface area contributed by atoms with Gasteiger partial charge in [0.15, 0.2) is 0 Å². The zero-order chi connectivity index (χ0) is 14.6. The number of hydrogen-bond acceptors (Lipinski definition) is 3. The maximum atomic E-state index is 12.2. The highest BCUT2D eigenvalue weighted by Gasteiger charge is 2.18. The Balaban J connectivity index is 2.79. The van der Waals surface area contributed by atoms with Crippen molar-refractivity contribution in [2.75, 3.05) is 26.4 Å². The summed E-state index contributed by atoms with van der Waals surface area (Å²) < 4.78 is 0. The van der Waals surface area contributed by atoms with Gasteiger partial charge in [0.25, 0.3) is 5.91 Å². The summed E-state index contributed by atoms with van der Waals surface area (Å²) in [4.78, 5) is 25.1. The van der Waals surface area contributed by atoms with Gasteiger partial charge in [0.1, 0.15) is 0 Å². The molecule has 0 fully saturated rings. The molecular formula is C13H18ClN3O2. The summed E-state index contributed by atoms with van der Waals surface area (Å²) in [5.41, 5.74) is 6.50. The van der Waals surface area contributed by atoms with Gasteiger partial charge in [-0.05, 0) is 18.2 Å². The van der Waals surface area contributed by atoms with E-state index in [4.69, 9.17) is 17.3 Å². The molecule has 1 aromatic rings. The third-order valence-corrected chi connectivity index (χ3v) is 2.97. The molecule has 0 aliphatic heterocycles. The second kappa shape index (κ2) is 6.43. The van der Waals surface area contributed by atoms with Crippen LogP contribution in [0.1, 0.15) is 17.3 Å². The average molecular weight is 284 g/mol. The van der Waals surface area contributed by atoms with Crippen LogP contribution in [0, 0.1) is 5.92 Å². The quantitative estimate of drug-likeness (QED) is 0.820. The van der Waals surface area contributed by atoms with Crippen molar-refractivity contribution in [1.29, 1.82) is 0 Å². The summed E-state index contributed by atoms with van der Waals surface area (Å²) in [7, 11) is 3.21. The lowest BCUT2D eigenvalue weighted by molar-refractivity contribution is -0.124. The first-order valence-corrected chi connectivity index (χ1v) is 6.26. The number of carbonyl (C=O) groups excluding carboxylic acids is 2. The summed E-state index contributed by atoms with van der Waals surface area (Å²) in [6, 6.07) is 4.70. The van der Waals surface area contributed by atoms with E-state index >= 15 is 0 Å². The number of benzene rings is 1. The van der Waals surface area contributed by atoms with Crippen molar-refractivity contribution in [3.8, 4) is 0 Å². The third-order valence-electron chi connectivity index (χ3n) is 2.76. The molecule has 0 bridgehead atoms. The van der Waals surface area contributed by atoms with E-state index in [1.54, 1.807) is 39.2 Å². The second-order valence-corrected chi connectivity index (χ2v) is 4.91. The summed E-state index contributed by atoms with van der Waals surface area (Å²) in [6.45, 7) is 2.08. The fourth-order valence-corrected chi connectivity index (χ4v) is 2.02. The summed E-state index contributed by atoms with van der Waals surface area (Å²) in [5, 5.41) is 2.96. The van der Waals surface area contributed by atoms with E-state index in [0.717, 1.165) is 0 Å². The van der Waals surface area contributed by atoms with Gasteiger partial charge in [0.05, 0.1) is 5.92 Å². The molecule has 3 N–H and O–H groups in total. The number of nitrogens with zero attached hydrogens (tertiary/aromatic N) is 1. The maximum absolute atomic E-state index is 12.2. The molecule has 0 aromatic heterocycles. The molecule has 19 heavy (non-hydrogen) atoms. The predicted octanol–water partition coefficient (Wildman–Crippen LogP) is 1.38. The number of amides is 2. The number of halogens is 1. The lowest BCUT2D eigenvalue weighted by Crippen LogP contribution is -2.37. The van der Waals surface area contributed by atoms with E-state index in [1.165, 1.54) is 4.90 Å². The Kier molecular flexibility index (Phi) is 5.18. The molecule has 1 aromatic carbocycles. The van der Waals surface area contributed by atoms with E-state index in [9.17, 15) is 9.59 Å².